The summed E-state index contributed by atoms with van der Waals surface area (Å²) in [7, 11) is 1.84. The molecule has 0 aliphatic carbocycles. The lowest BCUT2D eigenvalue weighted by Gasteiger charge is -2.25. The van der Waals surface area contributed by atoms with Crippen molar-refractivity contribution >= 4 is 29.3 Å². The van der Waals surface area contributed by atoms with Crippen molar-refractivity contribution in [3.8, 4) is 5.75 Å². The number of hydrogen-bond donors (Lipinski definition) is 2. The van der Waals surface area contributed by atoms with Gasteiger partial charge in [-0.1, -0.05) is 25.4 Å². The lowest BCUT2D eigenvalue weighted by atomic mass is 10.0. The number of benzene rings is 1. The number of nitrogens with one attached hydrogen (secondary N) is 2. The first-order valence-electron chi connectivity index (χ1n) is 12.5. The Morgan fingerprint density at radius 2 is 2.08 bits per heavy atom. The first-order valence-corrected chi connectivity index (χ1v) is 12.8. The summed E-state index contributed by atoms with van der Waals surface area (Å²) in [5, 5.41) is 10.5. The summed E-state index contributed by atoms with van der Waals surface area (Å²) in [6.07, 6.45) is 6.49. The lowest BCUT2D eigenvalue weighted by Crippen LogP contribution is -2.46. The molecule has 9 nitrogen and oxygen atoms in total. The third-order valence-electron chi connectivity index (χ3n) is 5.96. The fraction of sp³-hybridized carbons (Fsp3) is 0.538. The van der Waals surface area contributed by atoms with E-state index >= 15 is 0 Å². The van der Waals surface area contributed by atoms with E-state index < -0.39 is 0 Å². The predicted octanol–water partition coefficient (Wildman–Crippen LogP) is 2.97. The number of fused-ring (bicyclic) bond motifs is 1. The minimum absolute atomic E-state index is 0.0149. The topological polar surface area (TPSA) is 106 Å². The van der Waals surface area contributed by atoms with E-state index in [9.17, 15) is 14.4 Å². The largest absolute Gasteiger partial charge is 0.491 e. The third kappa shape index (κ3) is 8.55. The van der Waals surface area contributed by atoms with Crippen LogP contribution in [0.2, 0.25) is 5.02 Å². The number of nitrogens with zero attached hydrogens (tertiary/aromatic N) is 3. The van der Waals surface area contributed by atoms with Crippen LogP contribution >= 0.6 is 11.6 Å². The number of hydrogen-bond acceptors (Lipinski definition) is 5. The van der Waals surface area contributed by atoms with E-state index in [0.29, 0.717) is 67.4 Å². The van der Waals surface area contributed by atoms with Crippen molar-refractivity contribution in [2.45, 2.75) is 52.0 Å². The molecule has 1 atom stereocenters. The quantitative estimate of drug-likeness (QED) is 0.634. The molecule has 0 saturated heterocycles. The summed E-state index contributed by atoms with van der Waals surface area (Å²) in [6, 6.07) is 4.66. The average Bonchev–Trinajstić information content (AvgIpc) is 3.24. The molecule has 36 heavy (non-hydrogen) atoms. The predicted molar refractivity (Wildman–Crippen MR) is 138 cm³/mol. The number of aryl methyl sites for hydroxylation is 2. The van der Waals surface area contributed by atoms with Crippen LogP contribution < -0.4 is 15.4 Å². The van der Waals surface area contributed by atoms with Gasteiger partial charge >= 0.3 is 0 Å². The Hall–Kier alpha value is -3.07. The van der Waals surface area contributed by atoms with Gasteiger partial charge in [-0.3, -0.25) is 19.1 Å². The molecule has 0 bridgehead atoms. The smallest absolute Gasteiger partial charge is 0.255 e. The molecule has 1 aromatic carbocycles. The first kappa shape index (κ1) is 27.5. The van der Waals surface area contributed by atoms with E-state index in [2.05, 4.69) is 29.6 Å². The molecule has 0 fully saturated rings. The van der Waals surface area contributed by atoms with Crippen LogP contribution in [0.1, 0.15) is 55.5 Å². The van der Waals surface area contributed by atoms with E-state index in [1.807, 2.05) is 13.2 Å². The number of rotatable bonds is 5. The Morgan fingerprint density at radius 1 is 1.28 bits per heavy atom. The zero-order valence-electron chi connectivity index (χ0n) is 21.3. The van der Waals surface area contributed by atoms with E-state index in [1.165, 1.54) is 0 Å². The SMILES string of the molecule is CC(C)C[C@H]1COc2ccc(Cl)cc2C(=O)NCCCCN(C(=O)CCc2cnn(C)c2)CC(=O)N1. The maximum Gasteiger partial charge on any atom is 0.255 e. The Morgan fingerprint density at radius 3 is 2.81 bits per heavy atom. The highest BCUT2D eigenvalue weighted by Gasteiger charge is 2.22. The van der Waals surface area contributed by atoms with Gasteiger partial charge in [-0.2, -0.15) is 5.10 Å². The van der Waals surface area contributed by atoms with Crippen molar-refractivity contribution in [1.82, 2.24) is 25.3 Å². The number of amides is 3. The monoisotopic (exact) mass is 517 g/mol. The summed E-state index contributed by atoms with van der Waals surface area (Å²) < 4.78 is 7.70. The van der Waals surface area contributed by atoms with Crippen LogP contribution in [-0.2, 0) is 23.1 Å². The second kappa shape index (κ2) is 13.3. The van der Waals surface area contributed by atoms with E-state index in [4.69, 9.17) is 16.3 Å². The molecule has 1 aromatic heterocycles. The van der Waals surface area contributed by atoms with E-state index in [0.717, 1.165) is 5.56 Å². The molecule has 196 valence electrons. The van der Waals surface area contributed by atoms with Crippen molar-refractivity contribution in [2.24, 2.45) is 13.0 Å². The summed E-state index contributed by atoms with van der Waals surface area (Å²) >= 11 is 6.13. The average molecular weight is 518 g/mol. The molecular formula is C26H36ClN5O4. The fourth-order valence-electron chi connectivity index (χ4n) is 4.21. The molecule has 1 aliphatic heterocycles. The number of halogens is 1. The molecule has 3 rings (SSSR count). The molecular weight excluding hydrogens is 482 g/mol. The molecule has 0 spiro atoms. The van der Waals surface area contributed by atoms with Crippen molar-refractivity contribution < 1.29 is 19.1 Å². The van der Waals surface area contributed by atoms with Gasteiger partial charge in [-0.05, 0) is 55.4 Å². The van der Waals surface area contributed by atoms with Crippen molar-refractivity contribution in [1.29, 1.82) is 0 Å². The Kier molecular flexibility index (Phi) is 10.2. The molecule has 0 saturated carbocycles. The minimum atomic E-state index is -0.276. The lowest BCUT2D eigenvalue weighted by molar-refractivity contribution is -0.136. The molecule has 2 N–H and O–H groups in total. The van der Waals surface area contributed by atoms with Gasteiger partial charge in [0.05, 0.1) is 24.3 Å². The molecule has 10 heteroatoms. The van der Waals surface area contributed by atoms with Crippen LogP contribution in [0.15, 0.2) is 30.6 Å². The maximum absolute atomic E-state index is 13.0. The minimum Gasteiger partial charge on any atom is -0.491 e. The van der Waals surface area contributed by atoms with Crippen molar-refractivity contribution in [3.63, 3.8) is 0 Å². The van der Waals surface area contributed by atoms with Gasteiger partial charge < -0.3 is 20.3 Å². The Labute approximate surface area is 217 Å². The van der Waals surface area contributed by atoms with Crippen LogP contribution in [0.3, 0.4) is 0 Å². The summed E-state index contributed by atoms with van der Waals surface area (Å²) in [5.74, 6) is 0.157. The van der Waals surface area contributed by atoms with Crippen LogP contribution in [0.5, 0.6) is 5.75 Å². The zero-order valence-corrected chi connectivity index (χ0v) is 22.0. The highest BCUT2D eigenvalue weighted by Crippen LogP contribution is 2.24. The van der Waals surface area contributed by atoms with Crippen molar-refractivity contribution in [2.75, 3.05) is 26.2 Å². The number of ether oxygens (including phenoxy) is 1. The first-order chi connectivity index (χ1) is 17.2. The molecule has 0 radical (unpaired) electrons. The summed E-state index contributed by atoms with van der Waals surface area (Å²) in [6.45, 7) is 5.18. The third-order valence-corrected chi connectivity index (χ3v) is 6.20. The van der Waals surface area contributed by atoms with E-state index in [1.54, 1.807) is 34.0 Å². The van der Waals surface area contributed by atoms with Gasteiger partial charge in [0.15, 0.2) is 0 Å². The Balaban J connectivity index is 1.73. The standard InChI is InChI=1S/C26H36ClN5O4/c1-18(2)12-21-17-36-23-8-7-20(27)13-22(23)26(35)28-10-4-5-11-32(16-24(33)30-21)25(34)9-6-19-14-29-31(3)15-19/h7-8,13-15,18,21H,4-6,9-12,16-17H2,1-3H3,(H,28,35)(H,30,33)/t21-/m0/s1. The van der Waals surface area contributed by atoms with Gasteiger partial charge in [0.25, 0.3) is 5.91 Å². The number of aromatic nitrogens is 2. The molecule has 2 aromatic rings. The molecule has 0 unspecified atom stereocenters. The summed E-state index contributed by atoms with van der Waals surface area (Å²) in [5.41, 5.74) is 1.34. The van der Waals surface area contributed by atoms with Crippen molar-refractivity contribution in [3.05, 3.63) is 46.7 Å². The Bertz CT molecular complexity index is 1050. The normalized spacial score (nSPS) is 17.9. The highest BCUT2D eigenvalue weighted by molar-refractivity contribution is 6.31. The zero-order chi connectivity index (χ0) is 26.1. The van der Waals surface area contributed by atoms with Gasteiger partial charge in [0, 0.05) is 37.8 Å². The summed E-state index contributed by atoms with van der Waals surface area (Å²) in [4.78, 5) is 40.4. The molecule has 2 heterocycles. The number of carbonyl (C=O) groups excluding carboxylic acids is 3. The fourth-order valence-corrected chi connectivity index (χ4v) is 4.38. The van der Waals surface area contributed by atoms with Gasteiger partial charge in [0.1, 0.15) is 12.4 Å². The van der Waals surface area contributed by atoms with Gasteiger partial charge in [-0.25, -0.2) is 0 Å². The second-order valence-corrected chi connectivity index (χ2v) is 10.1. The molecule has 3 amide bonds. The second-order valence-electron chi connectivity index (χ2n) is 9.65. The van der Waals surface area contributed by atoms with Gasteiger partial charge in [-0.15, -0.1) is 0 Å². The van der Waals surface area contributed by atoms with Gasteiger partial charge in [0.2, 0.25) is 11.8 Å². The number of carbonyl (C=O) groups is 3. The van der Waals surface area contributed by atoms with E-state index in [-0.39, 0.29) is 36.9 Å². The molecule has 1 aliphatic rings. The van der Waals surface area contributed by atoms with Crippen LogP contribution in [0.25, 0.3) is 0 Å². The van der Waals surface area contributed by atoms with Crippen LogP contribution in [0, 0.1) is 5.92 Å². The maximum atomic E-state index is 13.0. The highest BCUT2D eigenvalue weighted by atomic mass is 35.5. The van der Waals surface area contributed by atoms with Crippen LogP contribution in [-0.4, -0.2) is 64.7 Å². The van der Waals surface area contributed by atoms with Crippen LogP contribution in [0.4, 0.5) is 0 Å².